The van der Waals surface area contributed by atoms with Crippen molar-refractivity contribution in [3.63, 3.8) is 0 Å². The Morgan fingerprint density at radius 3 is 2.88 bits per heavy atom. The van der Waals surface area contributed by atoms with Crippen LogP contribution in [0.2, 0.25) is 0 Å². The van der Waals surface area contributed by atoms with E-state index in [0.717, 1.165) is 37.9 Å². The fourth-order valence-corrected chi connectivity index (χ4v) is 3.29. The van der Waals surface area contributed by atoms with Crippen molar-refractivity contribution in [1.29, 1.82) is 0 Å². The fourth-order valence-electron chi connectivity index (χ4n) is 3.29. The average molecular weight is 334 g/mol. The van der Waals surface area contributed by atoms with Gasteiger partial charge in [0.05, 0.1) is 0 Å². The Hall–Kier alpha value is -1.89. The molecule has 2 aliphatic rings. The smallest absolute Gasteiger partial charge is 0.273 e. The van der Waals surface area contributed by atoms with Crippen molar-refractivity contribution in [2.75, 3.05) is 13.1 Å². The van der Waals surface area contributed by atoms with Crippen LogP contribution in [0.1, 0.15) is 67.6 Å². The first-order valence-corrected chi connectivity index (χ1v) is 8.85. The number of aromatic nitrogens is 1. The van der Waals surface area contributed by atoms with E-state index in [1.165, 1.54) is 0 Å². The SMILES string of the molecule is C[C@@H]1C[C@H](NC(=O)c2cc(C3CC3)on2)CCN1C(=O)CCCN. The summed E-state index contributed by atoms with van der Waals surface area (Å²) in [5, 5.41) is 6.90. The van der Waals surface area contributed by atoms with Gasteiger partial charge in [-0.3, -0.25) is 9.59 Å². The normalized spacial score (nSPS) is 24.0. The monoisotopic (exact) mass is 334 g/mol. The summed E-state index contributed by atoms with van der Waals surface area (Å²) in [6.45, 7) is 3.23. The number of carbonyl (C=O) groups excluding carboxylic acids is 2. The zero-order valence-corrected chi connectivity index (χ0v) is 14.2. The Bertz CT molecular complexity index is 596. The van der Waals surface area contributed by atoms with Gasteiger partial charge in [-0.1, -0.05) is 5.16 Å². The molecule has 1 aliphatic carbocycles. The standard InChI is InChI=1S/C17H26N4O3/c1-11-9-13(6-8-21(11)16(22)3-2-7-18)19-17(23)14-10-15(24-20-14)12-4-5-12/h10-13H,2-9,18H2,1H3,(H,19,23)/t11-,13-/m1/s1. The third kappa shape index (κ3) is 3.95. The van der Waals surface area contributed by atoms with Gasteiger partial charge in [0.15, 0.2) is 5.69 Å². The van der Waals surface area contributed by atoms with Crippen LogP contribution in [0.5, 0.6) is 0 Å². The minimum absolute atomic E-state index is 0.0622. The van der Waals surface area contributed by atoms with Crippen molar-refractivity contribution in [2.24, 2.45) is 5.73 Å². The summed E-state index contributed by atoms with van der Waals surface area (Å²) < 4.78 is 5.23. The van der Waals surface area contributed by atoms with E-state index < -0.39 is 0 Å². The van der Waals surface area contributed by atoms with E-state index in [-0.39, 0.29) is 23.9 Å². The topological polar surface area (TPSA) is 101 Å². The number of likely N-dealkylation sites (tertiary alicyclic amines) is 1. The molecule has 1 saturated carbocycles. The molecule has 0 spiro atoms. The molecule has 0 bridgehead atoms. The van der Waals surface area contributed by atoms with Gasteiger partial charge in [0.25, 0.3) is 5.91 Å². The molecule has 0 aromatic carbocycles. The summed E-state index contributed by atoms with van der Waals surface area (Å²) in [6.07, 6.45) is 4.97. The summed E-state index contributed by atoms with van der Waals surface area (Å²) in [7, 11) is 0. The number of hydrogen-bond donors (Lipinski definition) is 2. The quantitative estimate of drug-likeness (QED) is 0.819. The predicted octanol–water partition coefficient (Wildman–Crippen LogP) is 1.40. The van der Waals surface area contributed by atoms with Gasteiger partial charge in [-0.05, 0) is 45.6 Å². The second kappa shape index (κ2) is 7.34. The van der Waals surface area contributed by atoms with Crippen LogP contribution in [-0.4, -0.2) is 47.0 Å². The Kier molecular flexibility index (Phi) is 5.18. The lowest BCUT2D eigenvalue weighted by molar-refractivity contribution is -0.134. The highest BCUT2D eigenvalue weighted by molar-refractivity contribution is 5.92. The molecule has 3 rings (SSSR count). The second-order valence-electron chi connectivity index (χ2n) is 6.91. The minimum atomic E-state index is -0.189. The van der Waals surface area contributed by atoms with Gasteiger partial charge in [0.1, 0.15) is 5.76 Å². The zero-order valence-electron chi connectivity index (χ0n) is 14.2. The van der Waals surface area contributed by atoms with Crippen LogP contribution in [0.25, 0.3) is 0 Å². The average Bonchev–Trinajstić information content (AvgIpc) is 3.29. The lowest BCUT2D eigenvalue weighted by atomic mass is 9.97. The van der Waals surface area contributed by atoms with Crippen LogP contribution in [-0.2, 0) is 4.79 Å². The molecule has 7 nitrogen and oxygen atoms in total. The summed E-state index contributed by atoms with van der Waals surface area (Å²) in [4.78, 5) is 26.4. The highest BCUT2D eigenvalue weighted by Crippen LogP contribution is 2.40. The van der Waals surface area contributed by atoms with Crippen LogP contribution in [0.3, 0.4) is 0 Å². The van der Waals surface area contributed by atoms with Crippen LogP contribution in [0, 0.1) is 0 Å². The number of nitrogens with two attached hydrogens (primary N) is 1. The molecule has 2 heterocycles. The van der Waals surface area contributed by atoms with E-state index in [1.807, 2.05) is 11.8 Å². The molecule has 1 aromatic rings. The van der Waals surface area contributed by atoms with Crippen molar-refractivity contribution < 1.29 is 14.1 Å². The van der Waals surface area contributed by atoms with Gasteiger partial charge in [-0.15, -0.1) is 0 Å². The maximum absolute atomic E-state index is 12.3. The van der Waals surface area contributed by atoms with E-state index in [0.29, 0.717) is 31.1 Å². The molecule has 1 saturated heterocycles. The number of hydrogen-bond acceptors (Lipinski definition) is 5. The zero-order chi connectivity index (χ0) is 17.1. The lowest BCUT2D eigenvalue weighted by Crippen LogP contribution is -2.51. The second-order valence-corrected chi connectivity index (χ2v) is 6.91. The molecule has 0 unspecified atom stereocenters. The molecule has 1 aromatic heterocycles. The van der Waals surface area contributed by atoms with Gasteiger partial charge in [-0.2, -0.15) is 0 Å². The van der Waals surface area contributed by atoms with E-state index >= 15 is 0 Å². The van der Waals surface area contributed by atoms with Crippen LogP contribution in [0.15, 0.2) is 10.6 Å². The molecule has 3 N–H and O–H groups in total. The summed E-state index contributed by atoms with van der Waals surface area (Å²) in [6, 6.07) is 1.93. The van der Waals surface area contributed by atoms with E-state index in [1.54, 1.807) is 6.07 Å². The van der Waals surface area contributed by atoms with Gasteiger partial charge in [0.2, 0.25) is 5.91 Å². The Morgan fingerprint density at radius 2 is 2.21 bits per heavy atom. The van der Waals surface area contributed by atoms with Gasteiger partial charge < -0.3 is 20.5 Å². The number of piperidine rings is 1. The molecule has 2 atom stereocenters. The summed E-state index contributed by atoms with van der Waals surface area (Å²) >= 11 is 0. The Balaban J connectivity index is 1.49. The first-order valence-electron chi connectivity index (χ1n) is 8.85. The van der Waals surface area contributed by atoms with Gasteiger partial charge in [-0.25, -0.2) is 0 Å². The molecule has 2 fully saturated rings. The molecule has 0 radical (unpaired) electrons. The Labute approximate surface area is 141 Å². The molecule has 7 heteroatoms. The first-order chi connectivity index (χ1) is 11.6. The van der Waals surface area contributed by atoms with Crippen molar-refractivity contribution in [2.45, 2.75) is 63.5 Å². The van der Waals surface area contributed by atoms with Crippen molar-refractivity contribution >= 4 is 11.8 Å². The van der Waals surface area contributed by atoms with Crippen molar-refractivity contribution in [3.8, 4) is 0 Å². The number of amides is 2. The first kappa shape index (κ1) is 17.0. The minimum Gasteiger partial charge on any atom is -0.360 e. The van der Waals surface area contributed by atoms with Gasteiger partial charge in [0, 0.05) is 37.0 Å². The molecule has 2 amide bonds. The fraction of sp³-hybridized carbons (Fsp3) is 0.706. The molecule has 1 aliphatic heterocycles. The summed E-state index contributed by atoms with van der Waals surface area (Å²) in [5.74, 6) is 1.23. The maximum Gasteiger partial charge on any atom is 0.273 e. The van der Waals surface area contributed by atoms with Crippen molar-refractivity contribution in [3.05, 3.63) is 17.5 Å². The van der Waals surface area contributed by atoms with E-state index in [4.69, 9.17) is 10.3 Å². The van der Waals surface area contributed by atoms with Crippen LogP contribution < -0.4 is 11.1 Å². The highest BCUT2D eigenvalue weighted by atomic mass is 16.5. The van der Waals surface area contributed by atoms with Crippen molar-refractivity contribution in [1.82, 2.24) is 15.4 Å². The maximum atomic E-state index is 12.3. The third-order valence-electron chi connectivity index (χ3n) is 4.87. The number of carbonyl (C=O) groups is 2. The molecule has 24 heavy (non-hydrogen) atoms. The molecular formula is C17H26N4O3. The number of nitrogens with zero attached hydrogens (tertiary/aromatic N) is 2. The highest BCUT2D eigenvalue weighted by Gasteiger charge is 2.31. The molecule has 132 valence electrons. The largest absolute Gasteiger partial charge is 0.360 e. The van der Waals surface area contributed by atoms with E-state index in [2.05, 4.69) is 10.5 Å². The van der Waals surface area contributed by atoms with Crippen LogP contribution in [0.4, 0.5) is 0 Å². The lowest BCUT2D eigenvalue weighted by Gasteiger charge is -2.38. The van der Waals surface area contributed by atoms with Gasteiger partial charge >= 0.3 is 0 Å². The summed E-state index contributed by atoms with van der Waals surface area (Å²) in [5.41, 5.74) is 5.82. The number of nitrogens with one attached hydrogen (secondary N) is 1. The van der Waals surface area contributed by atoms with E-state index in [9.17, 15) is 9.59 Å². The molecular weight excluding hydrogens is 308 g/mol. The third-order valence-corrected chi connectivity index (χ3v) is 4.87. The van der Waals surface area contributed by atoms with Crippen LogP contribution >= 0.6 is 0 Å². The predicted molar refractivity (Wildman–Crippen MR) is 88.4 cm³/mol. The number of rotatable bonds is 6. The Morgan fingerprint density at radius 1 is 1.42 bits per heavy atom.